The fraction of sp³-hybridized carbons (Fsp3) is 0.889. The molecular weight excluding hydrogens is 350 g/mol. The highest BCUT2D eigenvalue weighted by molar-refractivity contribution is 6.74. The van der Waals surface area contributed by atoms with Crippen molar-refractivity contribution in [3.05, 3.63) is 0 Å². The van der Waals surface area contributed by atoms with Crippen LogP contribution >= 0.6 is 0 Å². The largest absolute Gasteiger partial charge is 0.417 e. The number of hydrogen-bond acceptors (Lipinski definition) is 4. The predicted octanol–water partition coefficient (Wildman–Crippen LogP) is 2.33. The van der Waals surface area contributed by atoms with E-state index in [1.165, 1.54) is 0 Å². The SMILES string of the molecule is CC(C)NC(=O)C(CCO[Si](C)(C)C(C)(C)C)NC(=O)N1CCOCC1. The minimum atomic E-state index is -1.88. The number of carbonyl (C=O) groups excluding carboxylic acids is 2. The molecule has 8 heteroatoms. The molecule has 3 amide bonds. The minimum absolute atomic E-state index is 0.0200. The van der Waals surface area contributed by atoms with Gasteiger partial charge in [-0.15, -0.1) is 0 Å². The van der Waals surface area contributed by atoms with Gasteiger partial charge in [0.1, 0.15) is 6.04 Å². The van der Waals surface area contributed by atoms with Crippen molar-refractivity contribution in [3.63, 3.8) is 0 Å². The second kappa shape index (κ2) is 9.71. The second-order valence-electron chi connectivity index (χ2n) is 8.66. The highest BCUT2D eigenvalue weighted by Crippen LogP contribution is 2.36. The Labute approximate surface area is 159 Å². The van der Waals surface area contributed by atoms with Crippen LogP contribution in [-0.2, 0) is 14.0 Å². The van der Waals surface area contributed by atoms with Crippen molar-refractivity contribution in [2.45, 2.75) is 71.3 Å². The Balaban J connectivity index is 2.66. The quantitative estimate of drug-likeness (QED) is 0.657. The molecular formula is C18H37N3O4Si. The molecule has 1 aliphatic rings. The van der Waals surface area contributed by atoms with Gasteiger partial charge in [-0.25, -0.2) is 4.79 Å². The molecule has 26 heavy (non-hydrogen) atoms. The lowest BCUT2D eigenvalue weighted by Gasteiger charge is -2.36. The Bertz CT molecular complexity index is 472. The Kier molecular flexibility index (Phi) is 8.56. The molecule has 1 atom stereocenters. The van der Waals surface area contributed by atoms with E-state index in [-0.39, 0.29) is 23.0 Å². The van der Waals surface area contributed by atoms with Crippen LogP contribution in [0.1, 0.15) is 41.0 Å². The number of ether oxygens (including phenoxy) is 1. The lowest BCUT2D eigenvalue weighted by Crippen LogP contribution is -2.54. The van der Waals surface area contributed by atoms with Gasteiger partial charge >= 0.3 is 6.03 Å². The van der Waals surface area contributed by atoms with Crippen molar-refractivity contribution in [1.82, 2.24) is 15.5 Å². The first-order valence-corrected chi connectivity index (χ1v) is 12.4. The molecule has 0 bridgehead atoms. The molecule has 0 radical (unpaired) electrons. The Morgan fingerprint density at radius 3 is 2.23 bits per heavy atom. The highest BCUT2D eigenvalue weighted by atomic mass is 28.4. The van der Waals surface area contributed by atoms with Crippen LogP contribution < -0.4 is 10.6 Å². The first-order chi connectivity index (χ1) is 11.9. The maximum absolute atomic E-state index is 12.5. The molecule has 0 aromatic carbocycles. The number of rotatable bonds is 7. The van der Waals surface area contributed by atoms with E-state index in [1.807, 2.05) is 13.8 Å². The van der Waals surface area contributed by atoms with Crippen molar-refractivity contribution in [3.8, 4) is 0 Å². The van der Waals surface area contributed by atoms with Crippen LogP contribution in [-0.4, -0.2) is 70.1 Å². The normalized spacial score (nSPS) is 17.2. The van der Waals surface area contributed by atoms with E-state index in [9.17, 15) is 9.59 Å². The first kappa shape index (κ1) is 22.9. The van der Waals surface area contributed by atoms with E-state index < -0.39 is 14.4 Å². The maximum Gasteiger partial charge on any atom is 0.318 e. The summed E-state index contributed by atoms with van der Waals surface area (Å²) >= 11 is 0. The summed E-state index contributed by atoms with van der Waals surface area (Å²) in [5.74, 6) is -0.166. The third kappa shape index (κ3) is 7.24. The Morgan fingerprint density at radius 1 is 1.15 bits per heavy atom. The summed E-state index contributed by atoms with van der Waals surface area (Å²) in [5, 5.41) is 5.87. The molecule has 0 saturated carbocycles. The van der Waals surface area contributed by atoms with Crippen molar-refractivity contribution in [1.29, 1.82) is 0 Å². The third-order valence-corrected chi connectivity index (χ3v) is 9.56. The number of nitrogens with one attached hydrogen (secondary N) is 2. The summed E-state index contributed by atoms with van der Waals surface area (Å²) in [6.45, 7) is 17.3. The average molecular weight is 388 g/mol. The van der Waals surface area contributed by atoms with Crippen LogP contribution in [0.5, 0.6) is 0 Å². The summed E-state index contributed by atoms with van der Waals surface area (Å²) in [4.78, 5) is 26.7. The number of nitrogens with zero attached hydrogens (tertiary/aromatic N) is 1. The molecule has 1 saturated heterocycles. The summed E-state index contributed by atoms with van der Waals surface area (Å²) in [6, 6.07) is -0.798. The van der Waals surface area contributed by atoms with Crippen molar-refractivity contribution in [2.75, 3.05) is 32.9 Å². The Hall–Kier alpha value is -1.12. The zero-order chi connectivity index (χ0) is 20.0. The molecule has 1 fully saturated rings. The standard InChI is InChI=1S/C18H37N3O4Si/c1-14(2)19-16(22)15(8-11-25-26(6,7)18(3,4)5)20-17(23)21-9-12-24-13-10-21/h14-15H,8-13H2,1-7H3,(H,19,22)(H,20,23). The molecule has 0 spiro atoms. The number of hydrogen-bond donors (Lipinski definition) is 2. The molecule has 0 aromatic rings. The molecule has 7 nitrogen and oxygen atoms in total. The molecule has 152 valence electrons. The predicted molar refractivity (Wildman–Crippen MR) is 106 cm³/mol. The summed E-state index contributed by atoms with van der Waals surface area (Å²) < 4.78 is 11.5. The molecule has 2 N–H and O–H groups in total. The highest BCUT2D eigenvalue weighted by Gasteiger charge is 2.37. The van der Waals surface area contributed by atoms with Crippen LogP contribution in [0.3, 0.4) is 0 Å². The summed E-state index contributed by atoms with van der Waals surface area (Å²) in [7, 11) is -1.88. The van der Waals surface area contributed by atoms with Gasteiger partial charge in [0.2, 0.25) is 5.91 Å². The van der Waals surface area contributed by atoms with E-state index in [4.69, 9.17) is 9.16 Å². The van der Waals surface area contributed by atoms with E-state index in [1.54, 1.807) is 4.90 Å². The van der Waals surface area contributed by atoms with Crippen molar-refractivity contribution >= 4 is 20.3 Å². The molecule has 0 aromatic heterocycles. The monoisotopic (exact) mass is 387 g/mol. The maximum atomic E-state index is 12.5. The van der Waals surface area contributed by atoms with Crippen LogP contribution in [0.15, 0.2) is 0 Å². The number of carbonyl (C=O) groups is 2. The summed E-state index contributed by atoms with van der Waals surface area (Å²) in [6.07, 6.45) is 0.459. The fourth-order valence-corrected chi connectivity index (χ4v) is 3.37. The van der Waals surface area contributed by atoms with Gasteiger partial charge in [-0.05, 0) is 38.4 Å². The lowest BCUT2D eigenvalue weighted by molar-refractivity contribution is -0.123. The molecule has 1 heterocycles. The zero-order valence-corrected chi connectivity index (χ0v) is 18.5. The average Bonchev–Trinajstić information content (AvgIpc) is 2.52. The molecule has 1 unspecified atom stereocenters. The summed E-state index contributed by atoms with van der Waals surface area (Å²) in [5.41, 5.74) is 0. The van der Waals surface area contributed by atoms with E-state index >= 15 is 0 Å². The Morgan fingerprint density at radius 2 is 1.73 bits per heavy atom. The lowest BCUT2D eigenvalue weighted by atomic mass is 10.2. The van der Waals surface area contributed by atoms with Gasteiger partial charge in [-0.1, -0.05) is 20.8 Å². The van der Waals surface area contributed by atoms with E-state index in [2.05, 4.69) is 44.5 Å². The third-order valence-electron chi connectivity index (χ3n) is 5.02. The number of amides is 3. The van der Waals surface area contributed by atoms with Gasteiger partial charge in [0.25, 0.3) is 0 Å². The van der Waals surface area contributed by atoms with Gasteiger partial charge in [-0.3, -0.25) is 4.79 Å². The van der Waals surface area contributed by atoms with Crippen molar-refractivity contribution in [2.24, 2.45) is 0 Å². The van der Waals surface area contributed by atoms with Crippen LogP contribution in [0.25, 0.3) is 0 Å². The number of urea groups is 1. The second-order valence-corrected chi connectivity index (χ2v) is 13.5. The van der Waals surface area contributed by atoms with Crippen LogP contribution in [0.2, 0.25) is 18.1 Å². The van der Waals surface area contributed by atoms with E-state index in [0.29, 0.717) is 39.3 Å². The minimum Gasteiger partial charge on any atom is -0.417 e. The van der Waals surface area contributed by atoms with Gasteiger partial charge < -0.3 is 24.7 Å². The topological polar surface area (TPSA) is 79.9 Å². The molecule has 1 aliphatic heterocycles. The smallest absolute Gasteiger partial charge is 0.318 e. The fourth-order valence-electron chi connectivity index (χ4n) is 2.31. The van der Waals surface area contributed by atoms with Crippen LogP contribution in [0.4, 0.5) is 4.79 Å². The van der Waals surface area contributed by atoms with Gasteiger partial charge in [0.05, 0.1) is 13.2 Å². The van der Waals surface area contributed by atoms with Gasteiger partial charge in [-0.2, -0.15) is 0 Å². The van der Waals surface area contributed by atoms with Crippen LogP contribution in [0, 0.1) is 0 Å². The van der Waals surface area contributed by atoms with Gasteiger partial charge in [0.15, 0.2) is 8.32 Å². The zero-order valence-electron chi connectivity index (χ0n) is 17.5. The molecule has 0 aliphatic carbocycles. The molecule has 1 rings (SSSR count). The number of morpholine rings is 1. The van der Waals surface area contributed by atoms with Gasteiger partial charge in [0, 0.05) is 25.7 Å². The first-order valence-electron chi connectivity index (χ1n) is 9.51. The van der Waals surface area contributed by atoms with Crippen molar-refractivity contribution < 1.29 is 18.8 Å². The van der Waals surface area contributed by atoms with E-state index in [0.717, 1.165) is 0 Å².